The zero-order chi connectivity index (χ0) is 13.1. The molecule has 4 heteroatoms. The van der Waals surface area contributed by atoms with Crippen molar-refractivity contribution in [3.63, 3.8) is 0 Å². The molecule has 0 bridgehead atoms. The number of anilines is 1. The Labute approximate surface area is 112 Å². The zero-order valence-corrected chi connectivity index (χ0v) is 11.8. The van der Waals surface area contributed by atoms with Crippen LogP contribution in [-0.4, -0.2) is 12.1 Å². The Bertz CT molecular complexity index is 549. The third-order valence-electron chi connectivity index (χ3n) is 2.95. The molecule has 0 unspecified atom stereocenters. The first kappa shape index (κ1) is 12.9. The average Bonchev–Trinajstić information content (AvgIpc) is 2.70. The molecule has 2 aromatic rings. The minimum Gasteiger partial charge on any atom is -0.496 e. The first-order valence-electron chi connectivity index (χ1n) is 6.01. The second-order valence-corrected chi connectivity index (χ2v) is 5.37. The van der Waals surface area contributed by atoms with E-state index in [-0.39, 0.29) is 0 Å². The second kappa shape index (κ2) is 5.40. The molecule has 0 atom stereocenters. The van der Waals surface area contributed by atoms with Crippen LogP contribution in [0.25, 0.3) is 0 Å². The lowest BCUT2D eigenvalue weighted by molar-refractivity contribution is 0.411. The van der Waals surface area contributed by atoms with Crippen molar-refractivity contribution in [3.8, 4) is 5.75 Å². The molecule has 0 saturated carbocycles. The fourth-order valence-corrected chi connectivity index (χ4v) is 3.01. The molecule has 2 N–H and O–H groups in total. The minimum atomic E-state index is 0.659. The van der Waals surface area contributed by atoms with Gasteiger partial charge in [-0.15, -0.1) is 11.3 Å². The third-order valence-corrected chi connectivity index (χ3v) is 3.88. The van der Waals surface area contributed by atoms with E-state index in [2.05, 4.69) is 31.0 Å². The van der Waals surface area contributed by atoms with Gasteiger partial charge < -0.3 is 10.5 Å². The number of nitrogens with zero attached hydrogens (tertiary/aromatic N) is 1. The monoisotopic (exact) mass is 262 g/mol. The quantitative estimate of drug-likeness (QED) is 0.920. The summed E-state index contributed by atoms with van der Waals surface area (Å²) in [5, 5.41) is 0.659. The molecule has 1 heterocycles. The van der Waals surface area contributed by atoms with Crippen molar-refractivity contribution in [2.24, 2.45) is 0 Å². The predicted molar refractivity (Wildman–Crippen MR) is 76.4 cm³/mol. The normalized spacial score (nSPS) is 10.6. The lowest BCUT2D eigenvalue weighted by atomic mass is 10.1. The van der Waals surface area contributed by atoms with Crippen LogP contribution in [0.3, 0.4) is 0 Å². The molecular formula is C14H18N2OS. The lowest BCUT2D eigenvalue weighted by Crippen LogP contribution is -1.93. The van der Waals surface area contributed by atoms with Crippen LogP contribution in [0.15, 0.2) is 18.2 Å². The number of aryl methyl sites for hydroxylation is 2. The van der Waals surface area contributed by atoms with Crippen LogP contribution in [0.5, 0.6) is 5.75 Å². The van der Waals surface area contributed by atoms with Crippen LogP contribution in [0.4, 0.5) is 5.13 Å². The number of nitrogens with two attached hydrogens (primary N) is 1. The van der Waals surface area contributed by atoms with Gasteiger partial charge in [-0.1, -0.05) is 19.1 Å². The van der Waals surface area contributed by atoms with Crippen LogP contribution in [0, 0.1) is 6.92 Å². The Hall–Kier alpha value is -1.55. The average molecular weight is 262 g/mol. The van der Waals surface area contributed by atoms with Gasteiger partial charge in [-0.2, -0.15) is 0 Å². The van der Waals surface area contributed by atoms with Gasteiger partial charge in [0.05, 0.1) is 12.8 Å². The largest absolute Gasteiger partial charge is 0.496 e. The number of methoxy groups -OCH3 is 1. The standard InChI is InChI=1S/C14H18N2OS/c1-4-11-13(18-14(15)16-11)8-10-5-6-12(17-3)9(2)7-10/h5-7H,4,8H2,1-3H3,(H2,15,16). The van der Waals surface area contributed by atoms with Crippen molar-refractivity contribution < 1.29 is 4.74 Å². The summed E-state index contributed by atoms with van der Waals surface area (Å²) >= 11 is 1.59. The summed E-state index contributed by atoms with van der Waals surface area (Å²) in [6, 6.07) is 6.27. The molecule has 0 aliphatic heterocycles. The Balaban J connectivity index is 2.25. The maximum Gasteiger partial charge on any atom is 0.180 e. The number of ether oxygens (including phenoxy) is 1. The molecule has 0 saturated heterocycles. The molecule has 0 spiro atoms. The summed E-state index contributed by atoms with van der Waals surface area (Å²) in [5.74, 6) is 0.929. The molecule has 2 rings (SSSR count). The van der Waals surface area contributed by atoms with Gasteiger partial charge in [-0.3, -0.25) is 0 Å². The first-order valence-corrected chi connectivity index (χ1v) is 6.83. The summed E-state index contributed by atoms with van der Waals surface area (Å²) in [5.41, 5.74) is 9.32. The van der Waals surface area contributed by atoms with Crippen LogP contribution in [0.1, 0.15) is 28.6 Å². The Morgan fingerprint density at radius 2 is 2.17 bits per heavy atom. The molecular weight excluding hydrogens is 244 g/mol. The molecule has 1 aromatic heterocycles. The van der Waals surface area contributed by atoms with Crippen LogP contribution < -0.4 is 10.5 Å². The highest BCUT2D eigenvalue weighted by atomic mass is 32.1. The number of rotatable bonds is 4. The SMILES string of the molecule is CCc1nc(N)sc1Cc1ccc(OC)c(C)c1. The maximum absolute atomic E-state index is 5.77. The molecule has 3 nitrogen and oxygen atoms in total. The summed E-state index contributed by atoms with van der Waals surface area (Å²) in [4.78, 5) is 5.62. The summed E-state index contributed by atoms with van der Waals surface area (Å²) in [7, 11) is 1.70. The van der Waals surface area contributed by atoms with Crippen molar-refractivity contribution in [2.45, 2.75) is 26.7 Å². The Morgan fingerprint density at radius 1 is 1.39 bits per heavy atom. The summed E-state index contributed by atoms with van der Waals surface area (Å²) in [6.07, 6.45) is 1.82. The van der Waals surface area contributed by atoms with Crippen molar-refractivity contribution in [1.82, 2.24) is 4.98 Å². The summed E-state index contributed by atoms with van der Waals surface area (Å²) < 4.78 is 5.27. The van der Waals surface area contributed by atoms with Gasteiger partial charge in [0.15, 0.2) is 5.13 Å². The van der Waals surface area contributed by atoms with Gasteiger partial charge in [0, 0.05) is 11.3 Å². The van der Waals surface area contributed by atoms with E-state index in [1.807, 2.05) is 6.07 Å². The van der Waals surface area contributed by atoms with Gasteiger partial charge in [-0.05, 0) is 30.5 Å². The van der Waals surface area contributed by atoms with E-state index >= 15 is 0 Å². The number of thiazole rings is 1. The van der Waals surface area contributed by atoms with Crippen LogP contribution >= 0.6 is 11.3 Å². The smallest absolute Gasteiger partial charge is 0.180 e. The van der Waals surface area contributed by atoms with E-state index in [9.17, 15) is 0 Å². The highest BCUT2D eigenvalue weighted by Gasteiger charge is 2.09. The van der Waals surface area contributed by atoms with Crippen molar-refractivity contribution in [3.05, 3.63) is 39.9 Å². The summed E-state index contributed by atoms with van der Waals surface area (Å²) in [6.45, 7) is 4.17. The van der Waals surface area contributed by atoms with Gasteiger partial charge in [0.2, 0.25) is 0 Å². The van der Waals surface area contributed by atoms with E-state index in [0.29, 0.717) is 5.13 Å². The first-order chi connectivity index (χ1) is 8.63. The van der Waals surface area contributed by atoms with Gasteiger partial charge in [0.25, 0.3) is 0 Å². The minimum absolute atomic E-state index is 0.659. The second-order valence-electron chi connectivity index (χ2n) is 4.26. The Morgan fingerprint density at radius 3 is 2.78 bits per heavy atom. The molecule has 0 fully saturated rings. The third kappa shape index (κ3) is 2.64. The van der Waals surface area contributed by atoms with E-state index in [1.165, 1.54) is 10.4 Å². The Kier molecular flexibility index (Phi) is 3.87. The lowest BCUT2D eigenvalue weighted by Gasteiger charge is -2.07. The van der Waals surface area contributed by atoms with E-state index in [1.54, 1.807) is 18.4 Å². The van der Waals surface area contributed by atoms with Crippen molar-refractivity contribution in [1.29, 1.82) is 0 Å². The molecule has 96 valence electrons. The highest BCUT2D eigenvalue weighted by Crippen LogP contribution is 2.26. The molecule has 0 aliphatic carbocycles. The number of nitrogen functional groups attached to an aromatic ring is 1. The van der Waals surface area contributed by atoms with Crippen molar-refractivity contribution in [2.75, 3.05) is 12.8 Å². The van der Waals surface area contributed by atoms with Gasteiger partial charge >= 0.3 is 0 Å². The molecule has 0 aliphatic rings. The van der Waals surface area contributed by atoms with Crippen LogP contribution in [-0.2, 0) is 12.8 Å². The number of aromatic nitrogens is 1. The van der Waals surface area contributed by atoms with Gasteiger partial charge in [0.1, 0.15) is 5.75 Å². The molecule has 1 aromatic carbocycles. The van der Waals surface area contributed by atoms with E-state index < -0.39 is 0 Å². The fraction of sp³-hybridized carbons (Fsp3) is 0.357. The molecule has 0 amide bonds. The number of hydrogen-bond donors (Lipinski definition) is 1. The van der Waals surface area contributed by atoms with Gasteiger partial charge in [-0.25, -0.2) is 4.98 Å². The fourth-order valence-electron chi connectivity index (χ4n) is 2.05. The highest BCUT2D eigenvalue weighted by molar-refractivity contribution is 7.15. The zero-order valence-electron chi connectivity index (χ0n) is 11.0. The van der Waals surface area contributed by atoms with E-state index in [4.69, 9.17) is 10.5 Å². The molecule has 0 radical (unpaired) electrons. The van der Waals surface area contributed by atoms with Crippen LogP contribution in [0.2, 0.25) is 0 Å². The number of benzene rings is 1. The maximum atomic E-state index is 5.77. The van der Waals surface area contributed by atoms with Crippen molar-refractivity contribution >= 4 is 16.5 Å². The topological polar surface area (TPSA) is 48.1 Å². The predicted octanol–water partition coefficient (Wildman–Crippen LogP) is 3.20. The molecule has 18 heavy (non-hydrogen) atoms. The van der Waals surface area contributed by atoms with E-state index in [0.717, 1.165) is 29.8 Å². The number of hydrogen-bond acceptors (Lipinski definition) is 4.